The van der Waals surface area contributed by atoms with E-state index in [0.717, 1.165) is 4.70 Å². The first-order valence-electron chi connectivity index (χ1n) is 10.2. The van der Waals surface area contributed by atoms with Crippen LogP contribution in [-0.2, 0) is 9.59 Å². The molecular formula is C24H16N2O6S. The Morgan fingerprint density at radius 1 is 1.03 bits per heavy atom. The normalized spacial score (nSPS) is 19.4. The van der Waals surface area contributed by atoms with Crippen LogP contribution in [0.2, 0.25) is 0 Å². The Morgan fingerprint density at radius 2 is 1.85 bits per heavy atom. The van der Waals surface area contributed by atoms with Crippen molar-refractivity contribution in [2.24, 2.45) is 0 Å². The summed E-state index contributed by atoms with van der Waals surface area (Å²) >= 11 is 1.29. The van der Waals surface area contributed by atoms with Gasteiger partial charge in [-0.1, -0.05) is 23.5 Å². The quantitative estimate of drug-likeness (QED) is 0.276. The van der Waals surface area contributed by atoms with Crippen LogP contribution in [0.15, 0.2) is 70.9 Å². The molecule has 6 rings (SSSR count). The van der Waals surface area contributed by atoms with Gasteiger partial charge in [0, 0.05) is 5.56 Å². The SMILES string of the molecule is O=C1C(=O)N(c2nc3ccccc3s2)C(c2ccco2)/C1=C(\O)c1ccc2c(c1)OCCO2. The molecule has 1 atom stereocenters. The summed E-state index contributed by atoms with van der Waals surface area (Å²) in [6, 6.07) is 14.7. The van der Waals surface area contributed by atoms with Gasteiger partial charge in [0.2, 0.25) is 0 Å². The van der Waals surface area contributed by atoms with Gasteiger partial charge in [0.05, 0.1) is 22.1 Å². The first kappa shape index (κ1) is 19.6. The summed E-state index contributed by atoms with van der Waals surface area (Å²) < 4.78 is 17.6. The lowest BCUT2D eigenvalue weighted by Gasteiger charge is -2.21. The summed E-state index contributed by atoms with van der Waals surface area (Å²) in [5, 5.41) is 11.6. The fraction of sp³-hybridized carbons (Fsp3) is 0.125. The number of ketones is 1. The van der Waals surface area contributed by atoms with Gasteiger partial charge in [0.25, 0.3) is 5.78 Å². The maximum Gasteiger partial charge on any atom is 0.302 e. The van der Waals surface area contributed by atoms with E-state index in [1.165, 1.54) is 22.5 Å². The minimum Gasteiger partial charge on any atom is -0.507 e. The first-order valence-corrected chi connectivity index (χ1v) is 11.0. The van der Waals surface area contributed by atoms with Crippen molar-refractivity contribution in [2.75, 3.05) is 18.1 Å². The van der Waals surface area contributed by atoms with E-state index < -0.39 is 17.7 Å². The number of para-hydroxylation sites is 1. The highest BCUT2D eigenvalue weighted by atomic mass is 32.1. The molecule has 1 saturated heterocycles. The van der Waals surface area contributed by atoms with E-state index in [1.807, 2.05) is 24.3 Å². The molecule has 1 amide bonds. The predicted molar refractivity (Wildman–Crippen MR) is 121 cm³/mol. The Hall–Kier alpha value is -4.11. The zero-order chi connectivity index (χ0) is 22.5. The molecule has 1 unspecified atom stereocenters. The number of aliphatic hydroxyl groups is 1. The summed E-state index contributed by atoms with van der Waals surface area (Å²) in [6.45, 7) is 0.815. The number of nitrogens with zero attached hydrogens (tertiary/aromatic N) is 2. The number of benzene rings is 2. The minimum absolute atomic E-state index is 0.0779. The monoisotopic (exact) mass is 460 g/mol. The van der Waals surface area contributed by atoms with E-state index in [0.29, 0.717) is 46.7 Å². The average molecular weight is 460 g/mol. The maximum absolute atomic E-state index is 13.2. The van der Waals surface area contributed by atoms with E-state index in [4.69, 9.17) is 13.9 Å². The number of anilines is 1. The molecule has 2 aliphatic rings. The second-order valence-corrected chi connectivity index (χ2v) is 8.52. The van der Waals surface area contributed by atoms with Crippen molar-refractivity contribution in [3.63, 3.8) is 0 Å². The van der Waals surface area contributed by atoms with Gasteiger partial charge < -0.3 is 19.0 Å². The smallest absolute Gasteiger partial charge is 0.302 e. The van der Waals surface area contributed by atoms with E-state index >= 15 is 0 Å². The highest BCUT2D eigenvalue weighted by molar-refractivity contribution is 7.22. The number of hydrogen-bond donors (Lipinski definition) is 1. The van der Waals surface area contributed by atoms with Gasteiger partial charge in [-0.3, -0.25) is 14.5 Å². The number of aliphatic hydroxyl groups excluding tert-OH is 1. The average Bonchev–Trinajstić information content (AvgIpc) is 3.57. The molecule has 33 heavy (non-hydrogen) atoms. The van der Waals surface area contributed by atoms with E-state index in [1.54, 1.807) is 30.3 Å². The standard InChI is InChI=1S/C24H16N2O6S/c27-21(13-7-8-15-17(12-13)32-11-10-31-15)19-20(16-5-3-9-30-16)26(23(29)22(19)28)24-25-14-4-1-2-6-18(14)33-24/h1-9,12,20,27H,10-11H2/b21-19+. The maximum atomic E-state index is 13.2. The van der Waals surface area contributed by atoms with Crippen molar-refractivity contribution in [1.29, 1.82) is 0 Å². The summed E-state index contributed by atoms with van der Waals surface area (Å²) in [7, 11) is 0. The van der Waals surface area contributed by atoms with Crippen LogP contribution in [0, 0.1) is 0 Å². The molecular weight excluding hydrogens is 444 g/mol. The number of amides is 1. The van der Waals surface area contributed by atoms with Crippen molar-refractivity contribution in [3.8, 4) is 11.5 Å². The van der Waals surface area contributed by atoms with Gasteiger partial charge in [0.15, 0.2) is 16.6 Å². The summed E-state index contributed by atoms with van der Waals surface area (Å²) in [5.74, 6) is -0.573. The Morgan fingerprint density at radius 3 is 2.64 bits per heavy atom. The summed E-state index contributed by atoms with van der Waals surface area (Å²) in [6.07, 6.45) is 1.46. The Labute approximate surface area is 191 Å². The fourth-order valence-electron chi connectivity index (χ4n) is 4.06. The Kier molecular flexibility index (Phi) is 4.44. The van der Waals surface area contributed by atoms with Crippen LogP contribution >= 0.6 is 11.3 Å². The van der Waals surface area contributed by atoms with Crippen LogP contribution in [0.3, 0.4) is 0 Å². The second-order valence-electron chi connectivity index (χ2n) is 7.51. The van der Waals surface area contributed by atoms with Crippen LogP contribution in [0.25, 0.3) is 16.0 Å². The molecule has 0 radical (unpaired) electrons. The zero-order valence-corrected chi connectivity index (χ0v) is 17.9. The molecule has 4 aromatic rings. The van der Waals surface area contributed by atoms with Crippen LogP contribution in [0.4, 0.5) is 5.13 Å². The number of Topliss-reactive ketones (excluding diaryl/α,β-unsaturated/α-hetero) is 1. The van der Waals surface area contributed by atoms with Gasteiger partial charge in [-0.25, -0.2) is 4.98 Å². The molecule has 9 heteroatoms. The van der Waals surface area contributed by atoms with Crippen molar-refractivity contribution in [1.82, 2.24) is 4.98 Å². The van der Waals surface area contributed by atoms with Gasteiger partial charge in [-0.15, -0.1) is 0 Å². The molecule has 0 saturated carbocycles. The molecule has 8 nitrogen and oxygen atoms in total. The van der Waals surface area contributed by atoms with Crippen LogP contribution in [0.1, 0.15) is 17.4 Å². The van der Waals surface area contributed by atoms with Crippen LogP contribution in [0.5, 0.6) is 11.5 Å². The summed E-state index contributed by atoms with van der Waals surface area (Å²) in [5.41, 5.74) is 0.966. The number of hydrogen-bond acceptors (Lipinski definition) is 8. The molecule has 4 heterocycles. The van der Waals surface area contributed by atoms with Crippen molar-refractivity contribution >= 4 is 44.1 Å². The third kappa shape index (κ3) is 3.08. The third-order valence-corrected chi connectivity index (χ3v) is 6.60. The number of carbonyl (C=O) groups is 2. The van der Waals surface area contributed by atoms with Crippen LogP contribution in [-0.4, -0.2) is 35.0 Å². The molecule has 0 bridgehead atoms. The predicted octanol–water partition coefficient (Wildman–Crippen LogP) is 4.29. The molecule has 0 spiro atoms. The zero-order valence-electron chi connectivity index (χ0n) is 17.1. The third-order valence-electron chi connectivity index (χ3n) is 5.56. The number of thiazole rings is 1. The van der Waals surface area contributed by atoms with Gasteiger partial charge in [-0.2, -0.15) is 0 Å². The van der Waals surface area contributed by atoms with Gasteiger partial charge in [0.1, 0.15) is 30.8 Å². The molecule has 2 aromatic carbocycles. The fourth-order valence-corrected chi connectivity index (χ4v) is 5.05. The van der Waals surface area contributed by atoms with Gasteiger partial charge in [-0.05, 0) is 42.5 Å². The lowest BCUT2D eigenvalue weighted by atomic mass is 9.99. The number of fused-ring (bicyclic) bond motifs is 2. The van der Waals surface area contributed by atoms with E-state index in [9.17, 15) is 14.7 Å². The highest BCUT2D eigenvalue weighted by Crippen LogP contribution is 2.45. The van der Waals surface area contributed by atoms with Crippen molar-refractivity contribution in [3.05, 3.63) is 77.8 Å². The number of aromatic nitrogens is 1. The van der Waals surface area contributed by atoms with Crippen molar-refractivity contribution < 1.29 is 28.6 Å². The Bertz CT molecular complexity index is 1410. The number of ether oxygens (including phenoxy) is 2. The largest absolute Gasteiger partial charge is 0.507 e. The van der Waals surface area contributed by atoms with E-state index in [-0.39, 0.29) is 11.3 Å². The highest BCUT2D eigenvalue weighted by Gasteiger charge is 2.49. The molecule has 1 N–H and O–H groups in total. The van der Waals surface area contributed by atoms with Crippen molar-refractivity contribution in [2.45, 2.75) is 6.04 Å². The summed E-state index contributed by atoms with van der Waals surface area (Å²) in [4.78, 5) is 32.2. The Balaban J connectivity index is 1.52. The topological polar surface area (TPSA) is 102 Å². The molecule has 164 valence electrons. The van der Waals surface area contributed by atoms with Gasteiger partial charge >= 0.3 is 5.91 Å². The number of carbonyl (C=O) groups excluding carboxylic acids is 2. The lowest BCUT2D eigenvalue weighted by Crippen LogP contribution is -2.29. The molecule has 2 aromatic heterocycles. The molecule has 0 aliphatic carbocycles. The molecule has 1 fully saturated rings. The molecule has 2 aliphatic heterocycles. The second kappa shape index (κ2) is 7.49. The number of furan rings is 1. The lowest BCUT2D eigenvalue weighted by molar-refractivity contribution is -0.132. The van der Waals surface area contributed by atoms with Crippen LogP contribution < -0.4 is 14.4 Å². The first-order chi connectivity index (χ1) is 16.1. The number of rotatable bonds is 3. The minimum atomic E-state index is -0.964. The van der Waals surface area contributed by atoms with E-state index in [2.05, 4.69) is 4.98 Å².